The first-order valence-corrected chi connectivity index (χ1v) is 11.4. The van der Waals surface area contributed by atoms with Gasteiger partial charge < -0.3 is 4.90 Å². The number of nitrogens with zero attached hydrogens (tertiary/aromatic N) is 1. The van der Waals surface area contributed by atoms with Crippen LogP contribution < -0.4 is 0 Å². The lowest BCUT2D eigenvalue weighted by atomic mass is 10.0. The maximum atomic E-state index is 13.3. The maximum absolute atomic E-state index is 13.3. The van der Waals surface area contributed by atoms with Gasteiger partial charge in [-0.1, -0.05) is 31.2 Å². The zero-order valence-corrected chi connectivity index (χ0v) is 17.2. The Kier molecular flexibility index (Phi) is 5.79. The molecule has 0 spiro atoms. The zero-order valence-electron chi connectivity index (χ0n) is 15.6. The summed E-state index contributed by atoms with van der Waals surface area (Å²) in [5.74, 6) is -0.264. The van der Waals surface area contributed by atoms with E-state index < -0.39 is 9.84 Å². The molecule has 0 aliphatic rings. The maximum Gasteiger partial charge on any atom is 0.175 e. The van der Waals surface area contributed by atoms with Crippen LogP contribution in [0.1, 0.15) is 11.8 Å². The lowest BCUT2D eigenvalue weighted by Gasteiger charge is -2.11. The molecule has 0 atom stereocenters. The third kappa shape index (κ3) is 4.64. The van der Waals surface area contributed by atoms with Crippen LogP contribution in [0.5, 0.6) is 0 Å². The molecule has 0 bridgehead atoms. The Labute approximate surface area is 164 Å². The van der Waals surface area contributed by atoms with Gasteiger partial charge in [-0.15, -0.1) is 11.3 Å². The number of benzene rings is 2. The summed E-state index contributed by atoms with van der Waals surface area (Å²) >= 11 is 1.68. The molecule has 3 rings (SSSR count). The summed E-state index contributed by atoms with van der Waals surface area (Å²) in [6, 6.07) is 15.6. The Hall–Kier alpha value is -2.02. The number of halogens is 1. The predicted molar refractivity (Wildman–Crippen MR) is 110 cm³/mol. The van der Waals surface area contributed by atoms with Crippen molar-refractivity contribution in [2.45, 2.75) is 18.4 Å². The summed E-state index contributed by atoms with van der Waals surface area (Å²) in [5.41, 5.74) is 2.93. The number of rotatable bonds is 6. The molecule has 3 nitrogen and oxygen atoms in total. The molecule has 3 aromatic rings. The third-order valence-electron chi connectivity index (χ3n) is 4.45. The molecule has 0 saturated carbocycles. The molecule has 0 aliphatic heterocycles. The lowest BCUT2D eigenvalue weighted by Crippen LogP contribution is -2.15. The fourth-order valence-corrected chi connectivity index (χ4v) is 4.70. The fourth-order valence-electron chi connectivity index (χ4n) is 2.81. The summed E-state index contributed by atoms with van der Waals surface area (Å²) in [6.45, 7) is 3.89. The zero-order chi connectivity index (χ0) is 19.6. The van der Waals surface area contributed by atoms with Gasteiger partial charge in [-0.25, -0.2) is 12.8 Å². The normalized spacial score (nSPS) is 11.9. The molecule has 1 heterocycles. The Morgan fingerprint density at radius 1 is 1.00 bits per heavy atom. The van der Waals surface area contributed by atoms with Gasteiger partial charge in [-0.05, 0) is 55.1 Å². The second-order valence-corrected chi connectivity index (χ2v) is 9.74. The van der Waals surface area contributed by atoms with Gasteiger partial charge >= 0.3 is 0 Å². The van der Waals surface area contributed by atoms with Crippen molar-refractivity contribution >= 4 is 21.2 Å². The van der Waals surface area contributed by atoms with Crippen molar-refractivity contribution in [2.75, 3.05) is 19.8 Å². The van der Waals surface area contributed by atoms with Crippen LogP contribution in [0.25, 0.3) is 21.6 Å². The summed E-state index contributed by atoms with van der Waals surface area (Å²) < 4.78 is 36.8. The molecule has 0 aliphatic carbocycles. The quantitative estimate of drug-likeness (QED) is 0.576. The van der Waals surface area contributed by atoms with Crippen molar-refractivity contribution in [1.29, 1.82) is 0 Å². The second-order valence-electron chi connectivity index (χ2n) is 6.59. The number of sulfone groups is 1. The van der Waals surface area contributed by atoms with E-state index in [9.17, 15) is 12.8 Å². The molecule has 0 amide bonds. The predicted octanol–water partition coefficient (Wildman–Crippen LogP) is 5.08. The summed E-state index contributed by atoms with van der Waals surface area (Å²) in [5, 5.41) is 0. The molecule has 0 radical (unpaired) electrons. The minimum atomic E-state index is -3.23. The van der Waals surface area contributed by atoms with E-state index in [1.165, 1.54) is 23.3 Å². The van der Waals surface area contributed by atoms with E-state index in [1.807, 2.05) is 12.1 Å². The monoisotopic (exact) mass is 403 g/mol. The highest BCUT2D eigenvalue weighted by Crippen LogP contribution is 2.40. The van der Waals surface area contributed by atoms with Gasteiger partial charge in [0.05, 0.1) is 4.90 Å². The van der Waals surface area contributed by atoms with Gasteiger partial charge in [0.1, 0.15) is 5.82 Å². The molecular weight excluding hydrogens is 381 g/mol. The Morgan fingerprint density at radius 2 is 1.59 bits per heavy atom. The molecule has 0 saturated heterocycles. The first-order chi connectivity index (χ1) is 12.8. The fraction of sp³-hybridized carbons (Fsp3) is 0.238. The first-order valence-electron chi connectivity index (χ1n) is 8.65. The van der Waals surface area contributed by atoms with Crippen LogP contribution in [-0.2, 0) is 16.4 Å². The summed E-state index contributed by atoms with van der Waals surface area (Å²) in [7, 11) is -1.16. The van der Waals surface area contributed by atoms with Crippen LogP contribution in [0.15, 0.2) is 59.5 Å². The average Bonchev–Trinajstić information content (AvgIpc) is 3.05. The van der Waals surface area contributed by atoms with E-state index in [4.69, 9.17) is 0 Å². The average molecular weight is 404 g/mol. The van der Waals surface area contributed by atoms with E-state index in [0.717, 1.165) is 34.7 Å². The summed E-state index contributed by atoms with van der Waals surface area (Å²) in [6.07, 6.45) is 1.20. The van der Waals surface area contributed by atoms with Crippen LogP contribution in [-0.4, -0.2) is 33.2 Å². The number of hydrogen-bond acceptors (Lipinski definition) is 4. The minimum absolute atomic E-state index is 0.264. The highest BCUT2D eigenvalue weighted by atomic mass is 32.2. The standard InChI is InChI=1S/C21H22FNO2S2/c1-4-23(2)14-18-13-20(15-7-11-19(12-8-15)27(3,24)25)21(26-18)16-5-9-17(22)10-6-16/h5-13H,4,14H2,1-3H3. The van der Waals surface area contributed by atoms with Gasteiger partial charge in [0.25, 0.3) is 0 Å². The molecular formula is C21H22FNO2S2. The van der Waals surface area contributed by atoms with Crippen molar-refractivity contribution in [3.63, 3.8) is 0 Å². The van der Waals surface area contributed by atoms with E-state index in [0.29, 0.717) is 4.90 Å². The minimum Gasteiger partial charge on any atom is -0.302 e. The van der Waals surface area contributed by atoms with Gasteiger partial charge in [0.15, 0.2) is 9.84 Å². The Bertz CT molecular complexity index is 1020. The Balaban J connectivity index is 2.08. The van der Waals surface area contributed by atoms with Crippen molar-refractivity contribution in [1.82, 2.24) is 4.90 Å². The number of thiophene rings is 1. The number of hydrogen-bond donors (Lipinski definition) is 0. The summed E-state index contributed by atoms with van der Waals surface area (Å²) in [4.78, 5) is 4.79. The largest absolute Gasteiger partial charge is 0.302 e. The molecule has 142 valence electrons. The molecule has 27 heavy (non-hydrogen) atoms. The van der Waals surface area contributed by atoms with Gasteiger partial charge in [0.2, 0.25) is 0 Å². The van der Waals surface area contributed by atoms with Crippen LogP contribution in [0, 0.1) is 5.82 Å². The van der Waals surface area contributed by atoms with Crippen LogP contribution in [0.4, 0.5) is 4.39 Å². The van der Waals surface area contributed by atoms with Crippen molar-refractivity contribution in [3.8, 4) is 21.6 Å². The van der Waals surface area contributed by atoms with Crippen LogP contribution in [0.2, 0.25) is 0 Å². The van der Waals surface area contributed by atoms with Gasteiger partial charge in [-0.3, -0.25) is 0 Å². The second kappa shape index (κ2) is 7.92. The van der Waals surface area contributed by atoms with E-state index in [2.05, 4.69) is 24.9 Å². The van der Waals surface area contributed by atoms with E-state index in [1.54, 1.807) is 35.6 Å². The van der Waals surface area contributed by atoms with Crippen molar-refractivity contribution in [2.24, 2.45) is 0 Å². The van der Waals surface area contributed by atoms with E-state index >= 15 is 0 Å². The molecule has 6 heteroatoms. The Morgan fingerprint density at radius 3 is 2.15 bits per heavy atom. The molecule has 0 fully saturated rings. The highest BCUT2D eigenvalue weighted by Gasteiger charge is 2.15. The van der Waals surface area contributed by atoms with Crippen molar-refractivity contribution in [3.05, 3.63) is 65.3 Å². The van der Waals surface area contributed by atoms with Crippen molar-refractivity contribution < 1.29 is 12.8 Å². The third-order valence-corrected chi connectivity index (χ3v) is 6.75. The van der Waals surface area contributed by atoms with Crippen LogP contribution >= 0.6 is 11.3 Å². The molecule has 1 aromatic heterocycles. The van der Waals surface area contributed by atoms with Gasteiger partial charge in [-0.2, -0.15) is 0 Å². The SMILES string of the molecule is CCN(C)Cc1cc(-c2ccc(S(C)(=O)=O)cc2)c(-c2ccc(F)cc2)s1. The highest BCUT2D eigenvalue weighted by molar-refractivity contribution is 7.90. The topological polar surface area (TPSA) is 37.4 Å². The van der Waals surface area contributed by atoms with E-state index in [-0.39, 0.29) is 5.82 Å². The molecule has 2 aromatic carbocycles. The molecule has 0 N–H and O–H groups in total. The first kappa shape index (κ1) is 19.7. The lowest BCUT2D eigenvalue weighted by molar-refractivity contribution is 0.349. The molecule has 0 unspecified atom stereocenters. The van der Waals surface area contributed by atoms with Gasteiger partial charge in [0, 0.05) is 28.1 Å². The van der Waals surface area contributed by atoms with Crippen LogP contribution in [0.3, 0.4) is 0 Å². The smallest absolute Gasteiger partial charge is 0.175 e.